The summed E-state index contributed by atoms with van der Waals surface area (Å²) in [5.74, 6) is -0.949. The molecular weight excluding hydrogens is 312 g/mol. The first kappa shape index (κ1) is 13.5. The van der Waals surface area contributed by atoms with Gasteiger partial charge in [-0.25, -0.2) is 4.79 Å². The number of nitrogens with zero attached hydrogens (tertiary/aromatic N) is 1. The molecule has 0 spiro atoms. The lowest BCUT2D eigenvalue weighted by molar-refractivity contribution is 0.0702. The van der Waals surface area contributed by atoms with E-state index < -0.39 is 11.9 Å². The molecule has 8 heteroatoms. The highest BCUT2D eigenvalue weighted by Gasteiger charge is 2.16. The van der Waals surface area contributed by atoms with Crippen molar-refractivity contribution in [3.05, 3.63) is 46.3 Å². The molecule has 0 unspecified atom stereocenters. The molecule has 0 aliphatic carbocycles. The molecule has 106 valence electrons. The summed E-state index contributed by atoms with van der Waals surface area (Å²) < 4.78 is 5.12. The van der Waals surface area contributed by atoms with Crippen LogP contribution in [-0.4, -0.2) is 22.1 Å². The lowest BCUT2D eigenvalue weighted by Crippen LogP contribution is -2.10. The number of amides is 1. The Kier molecular flexibility index (Phi) is 3.55. The molecule has 3 aromatic heterocycles. The molecule has 0 radical (unpaired) electrons. The van der Waals surface area contributed by atoms with E-state index in [1.54, 1.807) is 6.07 Å². The van der Waals surface area contributed by atoms with Crippen LogP contribution in [0.1, 0.15) is 20.2 Å². The third-order valence-electron chi connectivity index (χ3n) is 2.56. The van der Waals surface area contributed by atoms with Gasteiger partial charge in [-0.2, -0.15) is 0 Å². The molecule has 3 heterocycles. The van der Waals surface area contributed by atoms with Gasteiger partial charge in [-0.3, -0.25) is 4.79 Å². The maximum absolute atomic E-state index is 12.0. The molecule has 0 aromatic carbocycles. The molecule has 6 nitrogen and oxygen atoms in total. The van der Waals surface area contributed by atoms with E-state index in [4.69, 9.17) is 9.63 Å². The molecule has 0 fully saturated rings. The van der Waals surface area contributed by atoms with Gasteiger partial charge in [-0.15, -0.1) is 22.7 Å². The van der Waals surface area contributed by atoms with E-state index in [9.17, 15) is 9.59 Å². The number of rotatable bonds is 4. The fourth-order valence-electron chi connectivity index (χ4n) is 1.61. The summed E-state index contributed by atoms with van der Waals surface area (Å²) in [6, 6.07) is 8.26. The number of aromatic carboxylic acids is 1. The molecule has 2 N–H and O–H groups in total. The fraction of sp³-hybridized carbons (Fsp3) is 0. The van der Waals surface area contributed by atoms with Gasteiger partial charge in [0.2, 0.25) is 0 Å². The van der Waals surface area contributed by atoms with Crippen molar-refractivity contribution in [1.82, 2.24) is 5.16 Å². The molecule has 0 saturated carbocycles. The van der Waals surface area contributed by atoms with Gasteiger partial charge >= 0.3 is 5.97 Å². The number of aromatic nitrogens is 1. The molecule has 3 aromatic rings. The lowest BCUT2D eigenvalue weighted by atomic mass is 10.3. The molecule has 0 aliphatic rings. The normalized spacial score (nSPS) is 10.5. The van der Waals surface area contributed by atoms with Gasteiger partial charge in [0.25, 0.3) is 5.91 Å². The first-order valence-corrected chi connectivity index (χ1v) is 7.48. The molecule has 1 amide bonds. The summed E-state index contributed by atoms with van der Waals surface area (Å²) in [5.41, 5.74) is 0.142. The Bertz CT molecular complexity index is 789. The largest absolute Gasteiger partial charge is 0.477 e. The third kappa shape index (κ3) is 2.86. The summed E-state index contributed by atoms with van der Waals surface area (Å²) in [5, 5.41) is 17.5. The van der Waals surface area contributed by atoms with Crippen molar-refractivity contribution in [2.24, 2.45) is 0 Å². The van der Waals surface area contributed by atoms with Crippen LogP contribution in [-0.2, 0) is 0 Å². The predicted molar refractivity (Wildman–Crippen MR) is 79.0 cm³/mol. The van der Waals surface area contributed by atoms with Gasteiger partial charge in [-0.1, -0.05) is 11.2 Å². The minimum atomic E-state index is -1.03. The number of carbonyl (C=O) groups is 2. The maximum atomic E-state index is 12.0. The highest BCUT2D eigenvalue weighted by Crippen LogP contribution is 2.26. The van der Waals surface area contributed by atoms with Crippen LogP contribution in [0.4, 0.5) is 5.00 Å². The third-order valence-corrected chi connectivity index (χ3v) is 4.43. The Hall–Kier alpha value is -2.45. The number of hydrogen-bond acceptors (Lipinski definition) is 6. The van der Waals surface area contributed by atoms with Crippen molar-refractivity contribution in [2.45, 2.75) is 0 Å². The molecule has 0 saturated heterocycles. The Labute approximate surface area is 126 Å². The number of carbonyl (C=O) groups excluding carboxylic acids is 1. The minimum Gasteiger partial charge on any atom is -0.477 e. The van der Waals surface area contributed by atoms with Gasteiger partial charge in [0.1, 0.15) is 4.88 Å². The van der Waals surface area contributed by atoms with Gasteiger partial charge in [0.15, 0.2) is 11.5 Å². The summed E-state index contributed by atoms with van der Waals surface area (Å²) in [7, 11) is 0. The van der Waals surface area contributed by atoms with Crippen molar-refractivity contribution in [3.8, 4) is 10.6 Å². The first-order chi connectivity index (χ1) is 10.1. The Morgan fingerprint density at radius 3 is 2.81 bits per heavy atom. The fourth-order valence-corrected chi connectivity index (χ4v) is 3.03. The van der Waals surface area contributed by atoms with Crippen LogP contribution in [0.2, 0.25) is 0 Å². The number of thiophene rings is 2. The van der Waals surface area contributed by atoms with Crippen molar-refractivity contribution in [1.29, 1.82) is 0 Å². The zero-order chi connectivity index (χ0) is 14.8. The summed E-state index contributed by atoms with van der Waals surface area (Å²) in [4.78, 5) is 23.8. The second-order valence-corrected chi connectivity index (χ2v) is 6.01. The van der Waals surface area contributed by atoms with Gasteiger partial charge < -0.3 is 14.9 Å². The lowest BCUT2D eigenvalue weighted by Gasteiger charge is -1.96. The molecule has 0 aliphatic heterocycles. The second kappa shape index (κ2) is 5.51. The van der Waals surface area contributed by atoms with E-state index >= 15 is 0 Å². The SMILES string of the molecule is O=C(Nc1ccc(C(=O)O)s1)c1cc(-c2cccs2)on1. The average molecular weight is 320 g/mol. The Morgan fingerprint density at radius 2 is 2.14 bits per heavy atom. The van der Waals surface area contributed by atoms with Crippen LogP contribution >= 0.6 is 22.7 Å². The molecule has 21 heavy (non-hydrogen) atoms. The number of carboxylic acids is 1. The van der Waals surface area contributed by atoms with Gasteiger partial charge in [0, 0.05) is 6.07 Å². The number of hydrogen-bond donors (Lipinski definition) is 2. The molecule has 0 atom stereocenters. The molecular formula is C13H8N2O4S2. The standard InChI is InChI=1S/C13H8N2O4S2/c16-12(14-11-4-3-10(21-11)13(17)18)7-6-8(19-15-7)9-2-1-5-20-9/h1-6H,(H,14,16)(H,17,18). The van der Waals surface area contributed by atoms with Gasteiger partial charge in [0.05, 0.1) is 9.88 Å². The van der Waals surface area contributed by atoms with Crippen molar-refractivity contribution in [2.75, 3.05) is 5.32 Å². The predicted octanol–water partition coefficient (Wildman–Crippen LogP) is 3.42. The van der Waals surface area contributed by atoms with Crippen LogP contribution < -0.4 is 5.32 Å². The van der Waals surface area contributed by atoms with E-state index in [1.165, 1.54) is 23.5 Å². The van der Waals surface area contributed by atoms with E-state index in [0.29, 0.717) is 10.8 Å². The maximum Gasteiger partial charge on any atom is 0.345 e. The second-order valence-electron chi connectivity index (χ2n) is 3.98. The van der Waals surface area contributed by atoms with Gasteiger partial charge in [-0.05, 0) is 23.6 Å². The van der Waals surface area contributed by atoms with Crippen molar-refractivity contribution in [3.63, 3.8) is 0 Å². The summed E-state index contributed by atoms with van der Waals surface area (Å²) in [6.45, 7) is 0. The highest BCUT2D eigenvalue weighted by atomic mass is 32.1. The number of carboxylic acid groups (broad SMARTS) is 1. The van der Waals surface area contributed by atoms with E-state index in [0.717, 1.165) is 16.2 Å². The smallest absolute Gasteiger partial charge is 0.345 e. The topological polar surface area (TPSA) is 92.4 Å². The minimum absolute atomic E-state index is 0.142. The van der Waals surface area contributed by atoms with Crippen molar-refractivity contribution < 1.29 is 19.2 Å². The zero-order valence-corrected chi connectivity index (χ0v) is 12.0. The van der Waals surface area contributed by atoms with Crippen LogP contribution in [0.3, 0.4) is 0 Å². The van der Waals surface area contributed by atoms with Crippen LogP contribution in [0.5, 0.6) is 0 Å². The molecule has 0 bridgehead atoms. The monoisotopic (exact) mass is 320 g/mol. The van der Waals surface area contributed by atoms with E-state index in [-0.39, 0.29) is 10.6 Å². The van der Waals surface area contributed by atoms with Crippen LogP contribution in [0.15, 0.2) is 40.2 Å². The summed E-state index contributed by atoms with van der Waals surface area (Å²) >= 11 is 2.46. The zero-order valence-electron chi connectivity index (χ0n) is 10.4. The Morgan fingerprint density at radius 1 is 1.29 bits per heavy atom. The number of anilines is 1. The highest BCUT2D eigenvalue weighted by molar-refractivity contribution is 7.18. The Balaban J connectivity index is 1.74. The van der Waals surface area contributed by atoms with Crippen LogP contribution in [0.25, 0.3) is 10.6 Å². The quantitative estimate of drug-likeness (QED) is 0.768. The molecule has 3 rings (SSSR count). The number of nitrogens with one attached hydrogen (secondary N) is 1. The van der Waals surface area contributed by atoms with Crippen LogP contribution in [0, 0.1) is 0 Å². The van der Waals surface area contributed by atoms with E-state index in [1.807, 2.05) is 17.5 Å². The average Bonchev–Trinajstić information content (AvgIpc) is 3.19. The summed E-state index contributed by atoms with van der Waals surface area (Å²) in [6.07, 6.45) is 0. The first-order valence-electron chi connectivity index (χ1n) is 5.78. The van der Waals surface area contributed by atoms with Crippen molar-refractivity contribution >= 4 is 39.6 Å². The van der Waals surface area contributed by atoms with E-state index in [2.05, 4.69) is 10.5 Å².